The summed E-state index contributed by atoms with van der Waals surface area (Å²) in [6.07, 6.45) is 0.868. The number of fused-ring (bicyclic) bond motifs is 1. The van der Waals surface area contributed by atoms with Gasteiger partial charge >= 0.3 is 0 Å². The molecule has 0 amide bonds. The largest absolute Gasteiger partial charge is 0.461 e. The van der Waals surface area contributed by atoms with Crippen LogP contribution in [-0.4, -0.2) is 5.11 Å². The summed E-state index contributed by atoms with van der Waals surface area (Å²) in [7, 11) is 0. The fourth-order valence-corrected chi connectivity index (χ4v) is 2.49. The van der Waals surface area contributed by atoms with Gasteiger partial charge in [-0.15, -0.1) is 0 Å². The van der Waals surface area contributed by atoms with Crippen LogP contribution in [0.25, 0.3) is 11.0 Å². The smallest absolute Gasteiger partial charge is 0.134 e. The number of benzene rings is 2. The van der Waals surface area contributed by atoms with Gasteiger partial charge in [-0.1, -0.05) is 41.9 Å². The van der Waals surface area contributed by atoms with E-state index in [2.05, 4.69) is 0 Å². The minimum absolute atomic E-state index is 0.465. The van der Waals surface area contributed by atoms with Gasteiger partial charge in [-0.05, 0) is 36.2 Å². The first kappa shape index (κ1) is 13.2. The maximum Gasteiger partial charge on any atom is 0.134 e. The van der Waals surface area contributed by atoms with Crippen LogP contribution in [0.4, 0.5) is 0 Å². The molecule has 0 saturated heterocycles. The van der Waals surface area contributed by atoms with Crippen LogP contribution in [0.3, 0.4) is 0 Å². The van der Waals surface area contributed by atoms with Gasteiger partial charge in [0.25, 0.3) is 0 Å². The van der Waals surface area contributed by atoms with Gasteiger partial charge in [0.15, 0.2) is 0 Å². The fourth-order valence-electron chi connectivity index (χ4n) is 2.31. The molecule has 3 rings (SSSR count). The molecular formula is C17H15ClO2. The molecule has 1 aromatic heterocycles. The summed E-state index contributed by atoms with van der Waals surface area (Å²) in [6.45, 7) is 0. The lowest BCUT2D eigenvalue weighted by Gasteiger charge is -2.09. The zero-order valence-corrected chi connectivity index (χ0v) is 11.7. The molecule has 0 aliphatic carbocycles. The Morgan fingerprint density at radius 2 is 1.85 bits per heavy atom. The number of aliphatic hydroxyl groups excluding tert-OH is 1. The van der Waals surface area contributed by atoms with E-state index in [1.54, 1.807) is 0 Å². The molecule has 0 aliphatic rings. The Labute approximate surface area is 122 Å². The van der Waals surface area contributed by atoms with E-state index in [4.69, 9.17) is 16.0 Å². The third-order valence-corrected chi connectivity index (χ3v) is 3.61. The van der Waals surface area contributed by atoms with Crippen LogP contribution in [0.5, 0.6) is 0 Å². The van der Waals surface area contributed by atoms with Crippen molar-refractivity contribution in [3.8, 4) is 0 Å². The first-order valence-corrected chi connectivity index (χ1v) is 7.01. The number of furan rings is 1. The van der Waals surface area contributed by atoms with Gasteiger partial charge in [-0.3, -0.25) is 0 Å². The van der Waals surface area contributed by atoms with Crippen molar-refractivity contribution in [3.63, 3.8) is 0 Å². The minimum Gasteiger partial charge on any atom is -0.461 e. The van der Waals surface area contributed by atoms with E-state index in [1.807, 2.05) is 54.6 Å². The third kappa shape index (κ3) is 2.87. The molecule has 1 unspecified atom stereocenters. The average Bonchev–Trinajstić information content (AvgIpc) is 2.87. The van der Waals surface area contributed by atoms with Crippen molar-refractivity contribution in [1.29, 1.82) is 0 Å². The second-order valence-electron chi connectivity index (χ2n) is 4.86. The summed E-state index contributed by atoms with van der Waals surface area (Å²) in [6, 6.07) is 17.2. The van der Waals surface area contributed by atoms with Crippen molar-refractivity contribution in [2.75, 3.05) is 0 Å². The molecule has 1 heterocycles. The molecule has 0 bridgehead atoms. The lowest BCUT2D eigenvalue weighted by Crippen LogP contribution is -1.98. The van der Waals surface area contributed by atoms with Gasteiger partial charge < -0.3 is 9.52 Å². The summed E-state index contributed by atoms with van der Waals surface area (Å²) in [5.74, 6) is 0.872. The molecular weight excluding hydrogens is 272 g/mol. The molecule has 3 heteroatoms. The van der Waals surface area contributed by atoms with Crippen LogP contribution in [0.1, 0.15) is 23.8 Å². The maximum atomic E-state index is 10.1. The average molecular weight is 287 g/mol. The third-order valence-electron chi connectivity index (χ3n) is 3.38. The molecule has 1 atom stereocenters. The molecule has 0 fully saturated rings. The van der Waals surface area contributed by atoms with Gasteiger partial charge in [-0.25, -0.2) is 0 Å². The summed E-state index contributed by atoms with van der Waals surface area (Å²) in [5, 5.41) is 11.8. The van der Waals surface area contributed by atoms with Crippen LogP contribution in [0.15, 0.2) is 59.0 Å². The number of hydrogen-bond acceptors (Lipinski definition) is 2. The highest BCUT2D eigenvalue weighted by atomic mass is 35.5. The SMILES string of the molecule is OC(CCc1cc2cc(Cl)ccc2o1)c1ccccc1. The van der Waals surface area contributed by atoms with Crippen molar-refractivity contribution in [3.05, 3.63) is 70.9 Å². The molecule has 102 valence electrons. The number of halogens is 1. The van der Waals surface area contributed by atoms with Crippen molar-refractivity contribution in [1.82, 2.24) is 0 Å². The van der Waals surface area contributed by atoms with E-state index < -0.39 is 6.10 Å². The zero-order valence-electron chi connectivity index (χ0n) is 10.9. The molecule has 20 heavy (non-hydrogen) atoms. The van der Waals surface area contributed by atoms with Gasteiger partial charge in [0.1, 0.15) is 11.3 Å². The van der Waals surface area contributed by atoms with Gasteiger partial charge in [0.2, 0.25) is 0 Å². The normalized spacial score (nSPS) is 12.7. The van der Waals surface area contributed by atoms with E-state index in [1.165, 1.54) is 0 Å². The quantitative estimate of drug-likeness (QED) is 0.750. The number of rotatable bonds is 4. The Morgan fingerprint density at radius 1 is 1.05 bits per heavy atom. The molecule has 0 saturated carbocycles. The van der Waals surface area contributed by atoms with Crippen LogP contribution in [0, 0.1) is 0 Å². The van der Waals surface area contributed by atoms with Crippen molar-refractivity contribution in [2.24, 2.45) is 0 Å². The first-order chi connectivity index (χ1) is 9.72. The van der Waals surface area contributed by atoms with Crippen LogP contribution in [0.2, 0.25) is 5.02 Å². The predicted molar refractivity (Wildman–Crippen MR) is 80.9 cm³/mol. The highest BCUT2D eigenvalue weighted by molar-refractivity contribution is 6.31. The second kappa shape index (κ2) is 5.70. The van der Waals surface area contributed by atoms with Crippen LogP contribution < -0.4 is 0 Å². The van der Waals surface area contributed by atoms with E-state index in [0.717, 1.165) is 22.3 Å². The Kier molecular flexibility index (Phi) is 3.77. The standard InChI is InChI=1S/C17H15ClO2/c18-14-6-9-17-13(10-14)11-15(20-17)7-8-16(19)12-4-2-1-3-5-12/h1-6,9-11,16,19H,7-8H2. The number of aliphatic hydroxyl groups is 1. The van der Waals surface area contributed by atoms with E-state index in [0.29, 0.717) is 17.9 Å². The summed E-state index contributed by atoms with van der Waals surface area (Å²) < 4.78 is 5.74. The number of hydrogen-bond donors (Lipinski definition) is 1. The fraction of sp³-hybridized carbons (Fsp3) is 0.176. The molecule has 0 spiro atoms. The van der Waals surface area contributed by atoms with Gasteiger partial charge in [0.05, 0.1) is 6.10 Å². The van der Waals surface area contributed by atoms with Gasteiger partial charge in [-0.2, -0.15) is 0 Å². The molecule has 0 radical (unpaired) electrons. The highest BCUT2D eigenvalue weighted by Crippen LogP contribution is 2.25. The first-order valence-electron chi connectivity index (χ1n) is 6.63. The van der Waals surface area contributed by atoms with Crippen molar-refractivity contribution < 1.29 is 9.52 Å². The molecule has 3 aromatic rings. The lowest BCUT2D eigenvalue weighted by atomic mass is 10.0. The maximum absolute atomic E-state index is 10.1. The van der Waals surface area contributed by atoms with Crippen LogP contribution >= 0.6 is 11.6 Å². The Morgan fingerprint density at radius 3 is 2.65 bits per heavy atom. The van der Waals surface area contributed by atoms with Crippen molar-refractivity contribution >= 4 is 22.6 Å². The molecule has 1 N–H and O–H groups in total. The minimum atomic E-state index is -0.465. The predicted octanol–water partition coefficient (Wildman–Crippen LogP) is 4.75. The van der Waals surface area contributed by atoms with E-state index in [9.17, 15) is 5.11 Å². The Bertz CT molecular complexity index is 703. The van der Waals surface area contributed by atoms with E-state index >= 15 is 0 Å². The van der Waals surface area contributed by atoms with Crippen LogP contribution in [-0.2, 0) is 6.42 Å². The summed E-state index contributed by atoms with van der Waals surface area (Å²) in [5.41, 5.74) is 1.77. The topological polar surface area (TPSA) is 33.4 Å². The molecule has 2 aromatic carbocycles. The zero-order chi connectivity index (χ0) is 13.9. The monoisotopic (exact) mass is 286 g/mol. The summed E-state index contributed by atoms with van der Waals surface area (Å²) >= 11 is 5.95. The lowest BCUT2D eigenvalue weighted by molar-refractivity contribution is 0.165. The summed E-state index contributed by atoms with van der Waals surface area (Å²) in [4.78, 5) is 0. The molecule has 2 nitrogen and oxygen atoms in total. The number of aryl methyl sites for hydroxylation is 1. The van der Waals surface area contributed by atoms with E-state index in [-0.39, 0.29) is 0 Å². The van der Waals surface area contributed by atoms with Gasteiger partial charge in [0, 0.05) is 16.8 Å². The highest BCUT2D eigenvalue weighted by Gasteiger charge is 2.10. The molecule has 0 aliphatic heterocycles. The van der Waals surface area contributed by atoms with Crippen molar-refractivity contribution in [2.45, 2.75) is 18.9 Å². The second-order valence-corrected chi connectivity index (χ2v) is 5.30. The Balaban J connectivity index is 1.71. The Hall–Kier alpha value is -1.77.